The molecule has 0 radical (unpaired) electrons. The van der Waals surface area contributed by atoms with E-state index in [0.717, 1.165) is 12.3 Å². The molecule has 0 spiro atoms. The van der Waals surface area contributed by atoms with Gasteiger partial charge in [-0.05, 0) is 19.1 Å². The summed E-state index contributed by atoms with van der Waals surface area (Å²) in [6.07, 6.45) is 6.87. The van der Waals surface area contributed by atoms with Gasteiger partial charge in [-0.15, -0.1) is 0 Å². The minimum Gasteiger partial charge on any atom is -0.370 e. The quantitative estimate of drug-likeness (QED) is 0.585. The van der Waals surface area contributed by atoms with Gasteiger partial charge in [-0.2, -0.15) is 9.97 Å². The Morgan fingerprint density at radius 3 is 2.70 bits per heavy atom. The summed E-state index contributed by atoms with van der Waals surface area (Å²) in [5, 5.41) is 16.3. The van der Waals surface area contributed by atoms with E-state index < -0.39 is 23.9 Å². The highest BCUT2D eigenvalue weighted by atomic mass is 19.1. The first-order valence-electron chi connectivity index (χ1n) is 9.15. The number of aliphatic hydroxyl groups excluding tert-OH is 1. The Kier molecular flexibility index (Phi) is 5.04. The van der Waals surface area contributed by atoms with Crippen molar-refractivity contribution in [2.75, 3.05) is 22.6 Å². The maximum atomic E-state index is 14.1. The number of halogens is 2. The molecule has 0 fully saturated rings. The maximum absolute atomic E-state index is 14.1. The van der Waals surface area contributed by atoms with Gasteiger partial charge in [0.2, 0.25) is 5.95 Å². The third-order valence-corrected chi connectivity index (χ3v) is 4.63. The van der Waals surface area contributed by atoms with E-state index in [0.29, 0.717) is 23.0 Å². The van der Waals surface area contributed by atoms with E-state index >= 15 is 0 Å². The second-order valence-electron chi connectivity index (χ2n) is 6.95. The average molecular weight is 414 g/mol. The summed E-state index contributed by atoms with van der Waals surface area (Å²) in [6.45, 7) is 1.66. The zero-order valence-corrected chi connectivity index (χ0v) is 16.5. The number of nitrogens with zero attached hydrogens (tertiary/aromatic N) is 6. The monoisotopic (exact) mass is 414 g/mol. The highest BCUT2D eigenvalue weighted by molar-refractivity contribution is 5.79. The van der Waals surface area contributed by atoms with Crippen molar-refractivity contribution in [3.63, 3.8) is 0 Å². The molecule has 30 heavy (non-hydrogen) atoms. The van der Waals surface area contributed by atoms with Gasteiger partial charge in [-0.1, -0.05) is 0 Å². The fourth-order valence-electron chi connectivity index (χ4n) is 3.08. The normalized spacial score (nSPS) is 16.3. The zero-order valence-electron chi connectivity index (χ0n) is 16.5. The number of nitrogens with one attached hydrogen (secondary N) is 2. The van der Waals surface area contributed by atoms with Gasteiger partial charge in [0.25, 0.3) is 0 Å². The minimum atomic E-state index is -0.850. The predicted molar refractivity (Wildman–Crippen MR) is 108 cm³/mol. The van der Waals surface area contributed by atoms with Crippen molar-refractivity contribution < 1.29 is 13.9 Å². The van der Waals surface area contributed by atoms with Crippen LogP contribution in [0.4, 0.5) is 32.2 Å². The van der Waals surface area contributed by atoms with Crippen LogP contribution in [-0.4, -0.2) is 42.9 Å². The molecule has 1 aliphatic rings. The lowest BCUT2D eigenvalue weighted by Gasteiger charge is -2.29. The number of likely N-dealkylation sites (N-methyl/N-ethyl adjacent to an activating group) is 1. The Balaban J connectivity index is 1.71. The number of hydrogen-bond acceptors (Lipinski definition) is 8. The molecule has 4 rings (SSSR count). The van der Waals surface area contributed by atoms with Gasteiger partial charge in [0.15, 0.2) is 0 Å². The van der Waals surface area contributed by atoms with Crippen LogP contribution in [0.5, 0.6) is 0 Å². The van der Waals surface area contributed by atoms with E-state index in [1.807, 2.05) is 7.05 Å². The Morgan fingerprint density at radius 1 is 1.20 bits per heavy atom. The molecule has 2 atom stereocenters. The molecule has 9 nitrogen and oxygen atoms in total. The molecule has 0 amide bonds. The van der Waals surface area contributed by atoms with Crippen LogP contribution in [-0.2, 0) is 7.05 Å². The molecule has 0 saturated carbocycles. The Morgan fingerprint density at radius 2 is 2.00 bits per heavy atom. The van der Waals surface area contributed by atoms with Gasteiger partial charge in [0.1, 0.15) is 35.3 Å². The van der Waals surface area contributed by atoms with E-state index in [1.165, 1.54) is 0 Å². The van der Waals surface area contributed by atoms with Gasteiger partial charge in [0, 0.05) is 26.4 Å². The zero-order chi connectivity index (χ0) is 21.4. The first-order chi connectivity index (χ1) is 14.3. The molecule has 11 heteroatoms. The SMILES string of the molecule is CC(Nc1nc(Nc2cn(C)cn2)c2c(n1)N(C)C(O)C=C2)c1ncc(F)cc1F. The van der Waals surface area contributed by atoms with Gasteiger partial charge in [-0.25, -0.2) is 13.8 Å². The van der Waals surface area contributed by atoms with Crippen LogP contribution in [0.25, 0.3) is 6.08 Å². The molecule has 0 bridgehead atoms. The van der Waals surface area contributed by atoms with Crippen LogP contribution in [0.3, 0.4) is 0 Å². The van der Waals surface area contributed by atoms with Gasteiger partial charge in [0.05, 0.1) is 29.8 Å². The molecular formula is C19H20F2N8O. The van der Waals surface area contributed by atoms with Crippen LogP contribution in [0.15, 0.2) is 30.9 Å². The minimum absolute atomic E-state index is 0.0326. The maximum Gasteiger partial charge on any atom is 0.227 e. The van der Waals surface area contributed by atoms with Crippen molar-refractivity contribution in [3.05, 3.63) is 53.8 Å². The molecule has 2 unspecified atom stereocenters. The Labute approximate surface area is 171 Å². The standard InChI is InChI=1S/C19H20F2N8O/c1-10(16-13(21)6-11(20)7-22-16)24-19-26-17(25-14-8-28(2)9-23-14)12-4-5-15(30)29(3)18(12)27-19/h4-10,15,30H,1-3H3,(H2,24,25,26,27). The van der Waals surface area contributed by atoms with Gasteiger partial charge in [-0.3, -0.25) is 4.98 Å². The molecule has 4 heterocycles. The third kappa shape index (κ3) is 3.79. The largest absolute Gasteiger partial charge is 0.370 e. The first kappa shape index (κ1) is 19.7. The second kappa shape index (κ2) is 7.67. The van der Waals surface area contributed by atoms with E-state index in [9.17, 15) is 13.9 Å². The lowest BCUT2D eigenvalue weighted by atomic mass is 10.1. The number of pyridine rings is 1. The van der Waals surface area contributed by atoms with Crippen molar-refractivity contribution in [2.45, 2.75) is 19.2 Å². The summed E-state index contributed by atoms with van der Waals surface area (Å²) in [4.78, 5) is 18.6. The Bertz CT molecular complexity index is 1120. The van der Waals surface area contributed by atoms with E-state index in [2.05, 4.69) is 30.6 Å². The molecule has 0 aromatic carbocycles. The topological polar surface area (TPSA) is 104 Å². The van der Waals surface area contributed by atoms with Gasteiger partial charge < -0.3 is 25.2 Å². The summed E-state index contributed by atoms with van der Waals surface area (Å²) in [7, 11) is 3.54. The number of aromatic nitrogens is 5. The van der Waals surface area contributed by atoms with Crippen molar-refractivity contribution in [1.82, 2.24) is 24.5 Å². The Hall–Kier alpha value is -3.60. The van der Waals surface area contributed by atoms with Crippen LogP contribution >= 0.6 is 0 Å². The number of aliphatic hydroxyl groups is 1. The lowest BCUT2D eigenvalue weighted by Crippen LogP contribution is -2.33. The number of fused-ring (bicyclic) bond motifs is 1. The summed E-state index contributed by atoms with van der Waals surface area (Å²) in [6, 6.07) is 0.137. The lowest BCUT2D eigenvalue weighted by molar-refractivity contribution is 0.222. The van der Waals surface area contributed by atoms with E-state index in [4.69, 9.17) is 0 Å². The van der Waals surface area contributed by atoms with Crippen molar-refractivity contribution >= 4 is 29.5 Å². The second-order valence-corrected chi connectivity index (χ2v) is 6.95. The highest BCUT2D eigenvalue weighted by Gasteiger charge is 2.24. The highest BCUT2D eigenvalue weighted by Crippen LogP contribution is 2.33. The van der Waals surface area contributed by atoms with Crippen molar-refractivity contribution in [1.29, 1.82) is 0 Å². The molecule has 3 aromatic heterocycles. The molecule has 0 saturated heterocycles. The molecule has 3 aromatic rings. The van der Waals surface area contributed by atoms with E-state index in [1.54, 1.807) is 48.1 Å². The smallest absolute Gasteiger partial charge is 0.227 e. The molecule has 3 N–H and O–H groups in total. The van der Waals surface area contributed by atoms with Crippen LogP contribution in [0.1, 0.15) is 24.2 Å². The summed E-state index contributed by atoms with van der Waals surface area (Å²) in [5.41, 5.74) is 0.697. The molecular weight excluding hydrogens is 394 g/mol. The van der Waals surface area contributed by atoms with Crippen LogP contribution in [0.2, 0.25) is 0 Å². The number of aryl methyl sites for hydroxylation is 1. The van der Waals surface area contributed by atoms with Crippen LogP contribution in [0, 0.1) is 11.6 Å². The number of hydrogen-bond donors (Lipinski definition) is 3. The predicted octanol–water partition coefficient (Wildman–Crippen LogP) is 2.58. The summed E-state index contributed by atoms with van der Waals surface area (Å²) < 4.78 is 29.1. The van der Waals surface area contributed by atoms with Crippen molar-refractivity contribution in [2.24, 2.45) is 7.05 Å². The first-order valence-corrected chi connectivity index (χ1v) is 9.15. The van der Waals surface area contributed by atoms with Crippen LogP contribution < -0.4 is 15.5 Å². The number of anilines is 4. The van der Waals surface area contributed by atoms with E-state index in [-0.39, 0.29) is 11.6 Å². The molecule has 1 aliphatic heterocycles. The van der Waals surface area contributed by atoms with Gasteiger partial charge >= 0.3 is 0 Å². The van der Waals surface area contributed by atoms with Crippen molar-refractivity contribution in [3.8, 4) is 0 Å². The fraction of sp³-hybridized carbons (Fsp3) is 0.263. The fourth-order valence-corrected chi connectivity index (χ4v) is 3.08. The summed E-state index contributed by atoms with van der Waals surface area (Å²) in [5.74, 6) is 0.162. The number of imidazole rings is 1. The third-order valence-electron chi connectivity index (χ3n) is 4.63. The number of rotatable bonds is 5. The molecule has 156 valence electrons. The molecule has 0 aliphatic carbocycles. The average Bonchev–Trinajstić information content (AvgIpc) is 3.09. The summed E-state index contributed by atoms with van der Waals surface area (Å²) >= 11 is 0.